The lowest BCUT2D eigenvalue weighted by molar-refractivity contribution is 0.142. The summed E-state index contributed by atoms with van der Waals surface area (Å²) < 4.78 is 5.48. The summed E-state index contributed by atoms with van der Waals surface area (Å²) in [6.07, 6.45) is 1.78. The van der Waals surface area contributed by atoms with Gasteiger partial charge in [0.1, 0.15) is 0 Å². The van der Waals surface area contributed by atoms with Crippen molar-refractivity contribution in [2.24, 2.45) is 11.3 Å². The Balaban J connectivity index is 2.33. The summed E-state index contributed by atoms with van der Waals surface area (Å²) >= 11 is 7.27. The Morgan fingerprint density at radius 2 is 2.00 bits per heavy atom. The van der Waals surface area contributed by atoms with Crippen molar-refractivity contribution in [1.29, 1.82) is 0 Å². The highest BCUT2D eigenvalue weighted by Gasteiger charge is 2.68. The number of rotatable bonds is 4. The van der Waals surface area contributed by atoms with E-state index >= 15 is 0 Å². The van der Waals surface area contributed by atoms with Gasteiger partial charge in [0.15, 0.2) is 0 Å². The molecule has 12 heavy (non-hydrogen) atoms. The van der Waals surface area contributed by atoms with Gasteiger partial charge in [0.25, 0.3) is 0 Å². The second kappa shape index (κ2) is 3.43. The Bertz CT molecular complexity index is 173. The second-order valence-electron chi connectivity index (χ2n) is 3.72. The summed E-state index contributed by atoms with van der Waals surface area (Å²) in [4.78, 5) is 0. The molecule has 0 spiro atoms. The van der Waals surface area contributed by atoms with Gasteiger partial charge < -0.3 is 4.74 Å². The summed E-state index contributed by atoms with van der Waals surface area (Å²) in [6.45, 7) is 9.47. The van der Waals surface area contributed by atoms with Crippen molar-refractivity contribution in [3.05, 3.63) is 12.7 Å². The van der Waals surface area contributed by atoms with Crippen LogP contribution in [0.1, 0.15) is 13.8 Å². The van der Waals surface area contributed by atoms with Crippen molar-refractivity contribution >= 4 is 31.9 Å². The molecule has 0 amide bonds. The van der Waals surface area contributed by atoms with Crippen molar-refractivity contribution in [1.82, 2.24) is 0 Å². The largest absolute Gasteiger partial charge is 0.377 e. The molecule has 0 bridgehead atoms. The first-order chi connectivity index (χ1) is 5.44. The molecule has 1 saturated carbocycles. The predicted octanol–water partition coefficient (Wildman–Crippen LogP) is 3.33. The molecular formula is C9H14Br2O. The van der Waals surface area contributed by atoms with E-state index in [9.17, 15) is 0 Å². The van der Waals surface area contributed by atoms with Crippen LogP contribution in [0.4, 0.5) is 0 Å². The number of halogens is 2. The molecule has 0 saturated heterocycles. The average Bonchev–Trinajstić information content (AvgIpc) is 2.32. The second-order valence-corrected chi connectivity index (χ2v) is 7.29. The number of hydrogen-bond acceptors (Lipinski definition) is 1. The molecule has 1 aliphatic carbocycles. The van der Waals surface area contributed by atoms with Gasteiger partial charge in [0, 0.05) is 5.92 Å². The zero-order valence-corrected chi connectivity index (χ0v) is 10.6. The highest BCUT2D eigenvalue weighted by molar-refractivity contribution is 9.25. The average molecular weight is 298 g/mol. The summed E-state index contributed by atoms with van der Waals surface area (Å²) in [6, 6.07) is 0. The molecule has 0 aromatic carbocycles. The van der Waals surface area contributed by atoms with E-state index in [1.807, 2.05) is 0 Å². The summed E-state index contributed by atoms with van der Waals surface area (Å²) in [5, 5.41) is 0. The molecule has 3 heteroatoms. The van der Waals surface area contributed by atoms with Crippen molar-refractivity contribution in [2.75, 3.05) is 13.2 Å². The Hall–Kier alpha value is 0.660. The van der Waals surface area contributed by atoms with Crippen LogP contribution in [-0.4, -0.2) is 16.4 Å². The SMILES string of the molecule is C=CCOCC1C(C)(C)C1(Br)Br. The Kier molecular flexibility index (Phi) is 3.07. The maximum atomic E-state index is 5.40. The fraction of sp³-hybridized carbons (Fsp3) is 0.778. The summed E-state index contributed by atoms with van der Waals surface area (Å²) in [7, 11) is 0. The number of ether oxygens (including phenoxy) is 1. The van der Waals surface area contributed by atoms with Gasteiger partial charge in [-0.3, -0.25) is 0 Å². The zero-order chi connectivity index (χ0) is 9.41. The number of alkyl halides is 2. The topological polar surface area (TPSA) is 9.23 Å². The van der Waals surface area contributed by atoms with Crippen molar-refractivity contribution in [3.63, 3.8) is 0 Å². The fourth-order valence-corrected chi connectivity index (χ4v) is 3.07. The third-order valence-electron chi connectivity index (χ3n) is 2.60. The Morgan fingerprint density at radius 3 is 2.33 bits per heavy atom. The first-order valence-electron chi connectivity index (χ1n) is 4.01. The molecule has 0 aromatic rings. The molecule has 0 heterocycles. The molecule has 1 nitrogen and oxygen atoms in total. The number of hydrogen-bond donors (Lipinski definition) is 0. The predicted molar refractivity (Wildman–Crippen MR) is 58.9 cm³/mol. The first-order valence-corrected chi connectivity index (χ1v) is 5.59. The van der Waals surface area contributed by atoms with Crippen molar-refractivity contribution in [3.8, 4) is 0 Å². The van der Waals surface area contributed by atoms with E-state index in [0.717, 1.165) is 6.61 Å². The monoisotopic (exact) mass is 296 g/mol. The molecule has 1 atom stereocenters. The minimum Gasteiger partial charge on any atom is -0.377 e. The highest BCUT2D eigenvalue weighted by atomic mass is 79.9. The molecule has 1 aliphatic rings. The fourth-order valence-electron chi connectivity index (χ4n) is 1.34. The van der Waals surface area contributed by atoms with E-state index in [-0.39, 0.29) is 8.65 Å². The van der Waals surface area contributed by atoms with Crippen LogP contribution in [0.3, 0.4) is 0 Å². The molecular weight excluding hydrogens is 284 g/mol. The molecule has 1 rings (SSSR count). The van der Waals surface area contributed by atoms with Crippen LogP contribution in [0.2, 0.25) is 0 Å². The maximum absolute atomic E-state index is 5.40. The molecule has 1 unspecified atom stereocenters. The molecule has 1 fully saturated rings. The molecule has 70 valence electrons. The van der Waals surface area contributed by atoms with E-state index in [1.165, 1.54) is 0 Å². The summed E-state index contributed by atoms with van der Waals surface area (Å²) in [5.74, 6) is 0.546. The van der Waals surface area contributed by atoms with E-state index in [4.69, 9.17) is 4.74 Å². The molecule has 0 radical (unpaired) electrons. The van der Waals surface area contributed by atoms with Gasteiger partial charge in [-0.05, 0) is 5.41 Å². The highest BCUT2D eigenvalue weighted by Crippen LogP contribution is 2.70. The van der Waals surface area contributed by atoms with Crippen LogP contribution in [0.15, 0.2) is 12.7 Å². The molecule has 0 N–H and O–H groups in total. The lowest BCUT2D eigenvalue weighted by atomic mass is 10.1. The van der Waals surface area contributed by atoms with Crippen LogP contribution in [0.5, 0.6) is 0 Å². The van der Waals surface area contributed by atoms with Crippen LogP contribution in [-0.2, 0) is 4.74 Å². The van der Waals surface area contributed by atoms with Crippen LogP contribution in [0.25, 0.3) is 0 Å². The lowest BCUT2D eigenvalue weighted by Crippen LogP contribution is -2.01. The maximum Gasteiger partial charge on any atom is 0.0916 e. The van der Waals surface area contributed by atoms with Gasteiger partial charge in [-0.25, -0.2) is 0 Å². The first kappa shape index (κ1) is 10.7. The van der Waals surface area contributed by atoms with Gasteiger partial charge in [-0.15, -0.1) is 6.58 Å². The molecule has 0 aliphatic heterocycles. The minimum atomic E-state index is 0.0775. The van der Waals surface area contributed by atoms with E-state index in [2.05, 4.69) is 52.3 Å². The van der Waals surface area contributed by atoms with Crippen molar-refractivity contribution < 1.29 is 4.74 Å². The van der Waals surface area contributed by atoms with Gasteiger partial charge in [0.05, 0.1) is 16.4 Å². The third-order valence-corrected chi connectivity index (χ3v) is 5.75. The van der Waals surface area contributed by atoms with Crippen molar-refractivity contribution in [2.45, 2.75) is 17.1 Å². The lowest BCUT2D eigenvalue weighted by Gasteiger charge is -2.01. The third kappa shape index (κ3) is 1.64. The van der Waals surface area contributed by atoms with Crippen LogP contribution >= 0.6 is 31.9 Å². The minimum absolute atomic E-state index is 0.0775. The van der Waals surface area contributed by atoms with Gasteiger partial charge in [-0.1, -0.05) is 51.8 Å². The van der Waals surface area contributed by atoms with E-state index < -0.39 is 0 Å². The van der Waals surface area contributed by atoms with E-state index in [1.54, 1.807) is 6.08 Å². The van der Waals surface area contributed by atoms with Crippen LogP contribution in [0, 0.1) is 11.3 Å². The Morgan fingerprint density at radius 1 is 1.50 bits per heavy atom. The Labute approximate surface area is 90.8 Å². The normalized spacial score (nSPS) is 29.8. The smallest absolute Gasteiger partial charge is 0.0916 e. The zero-order valence-electron chi connectivity index (χ0n) is 7.44. The van der Waals surface area contributed by atoms with Gasteiger partial charge in [0.2, 0.25) is 0 Å². The molecule has 0 aromatic heterocycles. The quantitative estimate of drug-likeness (QED) is 0.439. The summed E-state index contributed by atoms with van der Waals surface area (Å²) in [5.41, 5.74) is 0.286. The standard InChI is InChI=1S/C9H14Br2O/c1-4-5-12-6-7-8(2,3)9(7,10)11/h4,7H,1,5-6H2,2-3H3. The van der Waals surface area contributed by atoms with Gasteiger partial charge in [-0.2, -0.15) is 0 Å². The van der Waals surface area contributed by atoms with Gasteiger partial charge >= 0.3 is 0 Å². The van der Waals surface area contributed by atoms with Crippen LogP contribution < -0.4 is 0 Å². The van der Waals surface area contributed by atoms with E-state index in [0.29, 0.717) is 12.5 Å².